The van der Waals surface area contributed by atoms with Gasteiger partial charge in [-0.15, -0.1) is 0 Å². The topological polar surface area (TPSA) is 214 Å². The van der Waals surface area contributed by atoms with Crippen LogP contribution in [0.4, 0.5) is 0 Å². The number of aromatic nitrogens is 9. The van der Waals surface area contributed by atoms with Crippen LogP contribution in [0.1, 0.15) is 27.7 Å². The molecule has 2 N–H and O–H groups in total. The number of benzene rings is 18. The van der Waals surface area contributed by atoms with E-state index in [1.807, 2.05) is 224 Å². The van der Waals surface area contributed by atoms with Crippen LogP contribution in [-0.4, -0.2) is 80.3 Å². The van der Waals surface area contributed by atoms with Crippen LogP contribution < -0.4 is 10.9 Å². The summed E-state index contributed by atoms with van der Waals surface area (Å²) in [5.74, 6) is 4.71. The van der Waals surface area contributed by atoms with Crippen molar-refractivity contribution in [1.82, 2.24) is 44.9 Å². The lowest BCUT2D eigenvalue weighted by Gasteiger charge is -2.32. The van der Waals surface area contributed by atoms with Crippen molar-refractivity contribution < 1.29 is 32.6 Å². The van der Waals surface area contributed by atoms with Gasteiger partial charge >= 0.3 is 14.2 Å². The lowest BCUT2D eigenvalue weighted by atomic mass is 9.73. The van der Waals surface area contributed by atoms with Gasteiger partial charge in [0.2, 0.25) is 5.28 Å². The Labute approximate surface area is 847 Å². The van der Waals surface area contributed by atoms with Gasteiger partial charge in [0.05, 0.1) is 11.2 Å². The molecule has 1 fully saturated rings. The number of halogens is 3. The molecule has 0 amide bonds. The molecular formula is C123H88B2Cl3N9O7. The molecule has 694 valence electrons. The quantitative estimate of drug-likeness (QED) is 0.0913. The molecule has 0 bridgehead atoms. The lowest BCUT2D eigenvalue weighted by molar-refractivity contribution is 0.00578. The largest absolute Gasteiger partial charge is 0.495 e. The summed E-state index contributed by atoms with van der Waals surface area (Å²) in [5.41, 5.74) is 24.5. The van der Waals surface area contributed by atoms with E-state index in [0.29, 0.717) is 67.7 Å². The summed E-state index contributed by atoms with van der Waals surface area (Å²) in [6.45, 7) is 8.36. The molecule has 0 aliphatic carbocycles. The Morgan fingerprint density at radius 2 is 0.472 bits per heavy atom. The lowest BCUT2D eigenvalue weighted by Crippen LogP contribution is -2.41. The summed E-state index contributed by atoms with van der Waals surface area (Å²) in [4.78, 5) is 42.0. The van der Waals surface area contributed by atoms with E-state index in [4.69, 9.17) is 97.3 Å². The van der Waals surface area contributed by atoms with Crippen LogP contribution in [0.5, 0.6) is 0 Å². The van der Waals surface area contributed by atoms with Crippen LogP contribution in [0.2, 0.25) is 15.3 Å². The minimum atomic E-state index is -1.46. The fraction of sp³-hybridized carbons (Fsp3) is 0.0488. The second kappa shape index (κ2) is 41.6. The minimum Gasteiger partial charge on any atom is -0.456 e. The second-order valence-electron chi connectivity index (χ2n) is 35.5. The first kappa shape index (κ1) is 93.5. The number of hydrogen-bond donors (Lipinski definition) is 2. The maximum absolute atomic E-state index is 9.07. The molecule has 16 nitrogen and oxygen atoms in total. The molecule has 6 aromatic heterocycles. The van der Waals surface area contributed by atoms with E-state index in [1.54, 1.807) is 24.3 Å². The monoisotopic (exact) mass is 1930 g/mol. The number of para-hydroxylation sites is 3. The van der Waals surface area contributed by atoms with Crippen LogP contribution in [0.25, 0.3) is 213 Å². The van der Waals surface area contributed by atoms with Crippen molar-refractivity contribution in [2.75, 3.05) is 0 Å². The van der Waals surface area contributed by atoms with E-state index in [1.165, 1.54) is 38.9 Å². The van der Waals surface area contributed by atoms with Crippen LogP contribution in [-0.2, 0) is 9.31 Å². The van der Waals surface area contributed by atoms with E-state index in [9.17, 15) is 0 Å². The number of fused-ring (bicyclic) bond motifs is 9. The zero-order valence-corrected chi connectivity index (χ0v) is 80.7. The van der Waals surface area contributed by atoms with E-state index >= 15 is 0 Å². The molecule has 18 aromatic carbocycles. The molecule has 1 aliphatic heterocycles. The summed E-state index contributed by atoms with van der Waals surface area (Å²) < 4.78 is 30.6. The molecule has 21 heteroatoms. The Kier molecular flexibility index (Phi) is 27.0. The van der Waals surface area contributed by atoms with Gasteiger partial charge in [-0.05, 0) is 215 Å². The van der Waals surface area contributed by atoms with Crippen LogP contribution >= 0.6 is 34.8 Å². The molecule has 0 spiro atoms. The summed E-state index contributed by atoms with van der Waals surface area (Å²) in [7, 11) is -1.84. The predicted molar refractivity (Wildman–Crippen MR) is 585 cm³/mol. The summed E-state index contributed by atoms with van der Waals surface area (Å²) in [5, 5.41) is 26.0. The Hall–Kier alpha value is -16.8. The van der Waals surface area contributed by atoms with Crippen molar-refractivity contribution in [3.63, 3.8) is 0 Å². The van der Waals surface area contributed by atoms with Crippen molar-refractivity contribution in [2.45, 2.75) is 38.9 Å². The second-order valence-corrected chi connectivity index (χ2v) is 36.7. The molecule has 0 radical (unpaired) electrons. The highest BCUT2D eigenvalue weighted by Gasteiger charge is 2.52. The molecule has 0 unspecified atom stereocenters. The SMILES string of the molecule is CC1(C)OB(c2ccc(-c3ccccc3)cc2-c2ccccc2)OC1(C)C.Clc1ccc(-c2nc(-c3ccccc3)nc(-c3ccc4c(c3)oc3ccccc34)n2)cc1.Clc1ccc(-c2nc(Cl)nc(-c3ccccc3)n2)cc1.OB(O)c1ccc2c(c1)oc1ccccc12.c1ccc(-c2ccc(-c3ccc(-c4nc(-c5ccccc5)nc(-c5ccc6c(c5)oc5ccccc56)n4)cc3)c(-c3ccccc3)c2)cc1. The number of furan rings is 3. The van der Waals surface area contributed by atoms with Gasteiger partial charge in [0, 0.05) is 86.9 Å². The van der Waals surface area contributed by atoms with Crippen LogP contribution in [0.3, 0.4) is 0 Å². The number of nitrogens with zero attached hydrogens (tertiary/aromatic N) is 9. The third-order valence-corrected chi connectivity index (χ3v) is 26.2. The maximum atomic E-state index is 9.07. The fourth-order valence-electron chi connectivity index (χ4n) is 17.4. The normalized spacial score (nSPS) is 12.4. The zero-order valence-electron chi connectivity index (χ0n) is 78.5. The van der Waals surface area contributed by atoms with Crippen molar-refractivity contribution >= 4 is 126 Å². The van der Waals surface area contributed by atoms with Gasteiger partial charge in [0.15, 0.2) is 46.6 Å². The summed E-state index contributed by atoms with van der Waals surface area (Å²) >= 11 is 17.9. The minimum absolute atomic E-state index is 0.170. The molecule has 24 aromatic rings. The zero-order chi connectivity index (χ0) is 98.2. The van der Waals surface area contributed by atoms with E-state index < -0.39 is 7.12 Å². The Balaban J connectivity index is 0.000000112. The van der Waals surface area contributed by atoms with Crippen molar-refractivity contribution in [1.29, 1.82) is 0 Å². The average molecular weight is 1930 g/mol. The molecule has 0 atom stereocenters. The third kappa shape index (κ3) is 20.6. The van der Waals surface area contributed by atoms with E-state index in [0.717, 1.165) is 127 Å². The van der Waals surface area contributed by atoms with Gasteiger partial charge in [-0.3, -0.25) is 0 Å². The van der Waals surface area contributed by atoms with E-state index in [2.05, 4.69) is 243 Å². The van der Waals surface area contributed by atoms with Crippen molar-refractivity contribution in [2.24, 2.45) is 0 Å². The van der Waals surface area contributed by atoms with Gasteiger partial charge in [0.1, 0.15) is 33.5 Å². The fourth-order valence-corrected chi connectivity index (χ4v) is 17.8. The third-order valence-electron chi connectivity index (χ3n) is 25.6. The molecule has 144 heavy (non-hydrogen) atoms. The molecule has 0 saturated carbocycles. The number of rotatable bonds is 15. The predicted octanol–water partition coefficient (Wildman–Crippen LogP) is 30.3. The summed E-state index contributed by atoms with van der Waals surface area (Å²) in [6.07, 6.45) is 0. The highest BCUT2D eigenvalue weighted by atomic mass is 35.5. The van der Waals surface area contributed by atoms with Crippen molar-refractivity contribution in [3.05, 3.63) is 464 Å². The van der Waals surface area contributed by atoms with Gasteiger partial charge < -0.3 is 32.6 Å². The first-order valence-corrected chi connectivity index (χ1v) is 48.2. The molecular weight excluding hydrogens is 1840 g/mol. The van der Waals surface area contributed by atoms with Gasteiger partial charge in [-0.2, -0.15) is 9.97 Å². The summed E-state index contributed by atoms with van der Waals surface area (Å²) in [6, 6.07) is 149. The molecule has 1 aliphatic rings. The Bertz CT molecular complexity index is 8690. The van der Waals surface area contributed by atoms with Crippen LogP contribution in [0.15, 0.2) is 462 Å². The van der Waals surface area contributed by atoms with Gasteiger partial charge in [-0.1, -0.05) is 363 Å². The highest BCUT2D eigenvalue weighted by Crippen LogP contribution is 2.43. The average Bonchev–Trinajstić information content (AvgIpc) is 1.59. The van der Waals surface area contributed by atoms with Crippen LogP contribution in [0, 0.1) is 0 Å². The maximum Gasteiger partial charge on any atom is 0.495 e. The van der Waals surface area contributed by atoms with E-state index in [-0.39, 0.29) is 23.6 Å². The van der Waals surface area contributed by atoms with Gasteiger partial charge in [-0.25, -0.2) is 34.9 Å². The van der Waals surface area contributed by atoms with Gasteiger partial charge in [0.25, 0.3) is 0 Å². The Morgan fingerprint density at radius 3 is 0.847 bits per heavy atom. The number of hydrogen-bond acceptors (Lipinski definition) is 16. The molecule has 25 rings (SSSR count). The Morgan fingerprint density at radius 1 is 0.215 bits per heavy atom. The van der Waals surface area contributed by atoms with Crippen molar-refractivity contribution in [3.8, 4) is 147 Å². The standard InChI is InChI=1S/C45H29N3O.C27H16ClN3O.C24H25BO2.C15H9Cl2N3.C12H9BO3/c1-4-12-30(13-5-1)35-24-26-37(40(28-35)31-14-6-2-7-15-31)32-20-22-34(23-21-32)44-46-43(33-16-8-3-9-17-33)47-45(48-44)36-25-27-39-38-18-10-11-19-41(38)49-42(39)29-36;28-20-13-10-18(11-14-20)26-29-25(17-6-2-1-3-7-17)30-27(31-26)19-12-15-22-21-8-4-5-9-23(21)32-24(22)16-19;1-23(2)24(3,4)27-25(26-23)22-16-15-20(18-11-7-5-8-12-18)17-21(22)19-13-9-6-10-14-19;16-12-8-6-11(7-9-12)14-18-13(19-15(17)20-14)10-4-2-1-3-5-10;14-13(15)8-5-6-10-9-3-1-2-4-11(9)16-12(10)7-8/h1-29H;1-16H;5-17H,1-4H3;1-9H;1-7,14-15H. The molecule has 7 heterocycles. The first-order chi connectivity index (χ1) is 70.4. The first-order valence-electron chi connectivity index (χ1n) is 47.1. The highest BCUT2D eigenvalue weighted by molar-refractivity contribution is 6.64. The molecule has 1 saturated heterocycles. The smallest absolute Gasteiger partial charge is 0.456 e.